The van der Waals surface area contributed by atoms with Crippen LogP contribution in [0.1, 0.15) is 106 Å². The lowest BCUT2D eigenvalue weighted by molar-refractivity contribution is -0.177. The van der Waals surface area contributed by atoms with Crippen LogP contribution in [-0.2, 0) is 4.79 Å². The fourth-order valence-electron chi connectivity index (χ4n) is 10.1. The Kier molecular flexibility index (Phi) is 4.92. The molecule has 8 unspecified atom stereocenters. The standard InChI is InChI=1S/C29H46O3/c1-25(2)13-15-29(24(31)32)16-14-27(5)18-9-10-22-26(3,4)23(30)11-12-28(22,6)19(18)7-8-20(27)21(29)17-25/h8,18-19,21-23,30H,7,9-17H2,1-6H3,(H,31,32). The van der Waals surface area contributed by atoms with Gasteiger partial charge in [-0.05, 0) is 110 Å². The average molecular weight is 443 g/mol. The minimum atomic E-state index is -0.540. The van der Waals surface area contributed by atoms with Gasteiger partial charge in [-0.3, -0.25) is 4.79 Å². The van der Waals surface area contributed by atoms with Crippen molar-refractivity contribution in [3.05, 3.63) is 11.6 Å². The summed E-state index contributed by atoms with van der Waals surface area (Å²) >= 11 is 0. The fraction of sp³-hybridized carbons (Fsp3) is 0.897. The topological polar surface area (TPSA) is 57.5 Å². The molecule has 0 amide bonds. The maximum atomic E-state index is 12.7. The maximum absolute atomic E-state index is 12.7. The van der Waals surface area contributed by atoms with Gasteiger partial charge in [-0.15, -0.1) is 0 Å². The zero-order valence-corrected chi connectivity index (χ0v) is 21.3. The molecule has 5 rings (SSSR count). The first kappa shape index (κ1) is 22.9. The highest BCUT2D eigenvalue weighted by Gasteiger charge is 2.65. The van der Waals surface area contributed by atoms with E-state index in [1.807, 2.05) is 0 Å². The molecule has 0 spiro atoms. The maximum Gasteiger partial charge on any atom is 0.310 e. The Morgan fingerprint density at radius 1 is 0.906 bits per heavy atom. The second-order valence-electron chi connectivity index (χ2n) is 14.4. The molecular formula is C29H46O3. The molecule has 2 N–H and O–H groups in total. The van der Waals surface area contributed by atoms with Gasteiger partial charge in [0.25, 0.3) is 0 Å². The first-order valence-corrected chi connectivity index (χ1v) is 13.4. The molecule has 32 heavy (non-hydrogen) atoms. The highest BCUT2D eigenvalue weighted by Crippen LogP contribution is 2.71. The molecule has 180 valence electrons. The largest absolute Gasteiger partial charge is 0.481 e. The summed E-state index contributed by atoms with van der Waals surface area (Å²) in [5, 5.41) is 21.2. The number of carboxylic acid groups (broad SMARTS) is 1. The minimum absolute atomic E-state index is 0.0126. The van der Waals surface area contributed by atoms with Gasteiger partial charge in [-0.1, -0.05) is 53.2 Å². The summed E-state index contributed by atoms with van der Waals surface area (Å²) in [4.78, 5) is 12.7. The third-order valence-electron chi connectivity index (χ3n) is 12.2. The molecule has 0 bridgehead atoms. The van der Waals surface area contributed by atoms with E-state index in [2.05, 4.69) is 47.6 Å². The highest BCUT2D eigenvalue weighted by atomic mass is 16.4. The van der Waals surface area contributed by atoms with E-state index < -0.39 is 11.4 Å². The third-order valence-corrected chi connectivity index (χ3v) is 12.2. The van der Waals surface area contributed by atoms with Crippen LogP contribution in [0.5, 0.6) is 0 Å². The lowest BCUT2D eigenvalue weighted by Gasteiger charge is -2.67. The van der Waals surface area contributed by atoms with Crippen LogP contribution in [0.3, 0.4) is 0 Å². The quantitative estimate of drug-likeness (QED) is 0.437. The van der Waals surface area contributed by atoms with Gasteiger partial charge in [-0.25, -0.2) is 0 Å². The number of aliphatic hydroxyl groups is 1. The van der Waals surface area contributed by atoms with Crippen LogP contribution in [0.2, 0.25) is 0 Å². The van der Waals surface area contributed by atoms with Crippen LogP contribution in [0.15, 0.2) is 11.6 Å². The summed E-state index contributed by atoms with van der Waals surface area (Å²) in [7, 11) is 0. The van der Waals surface area contributed by atoms with Crippen molar-refractivity contribution < 1.29 is 15.0 Å². The number of aliphatic hydroxyl groups excluding tert-OH is 1. The summed E-state index contributed by atoms with van der Waals surface area (Å²) in [6.07, 6.45) is 12.8. The molecule has 5 aliphatic carbocycles. The lowest BCUT2D eigenvalue weighted by Crippen LogP contribution is -2.61. The zero-order chi connectivity index (χ0) is 23.3. The molecule has 0 aromatic heterocycles. The minimum Gasteiger partial charge on any atom is -0.481 e. The number of hydrogen-bond donors (Lipinski definition) is 2. The number of fused-ring (bicyclic) bond motifs is 7. The predicted octanol–water partition coefficient (Wildman–Crippen LogP) is 6.84. The van der Waals surface area contributed by atoms with Crippen molar-refractivity contribution in [2.24, 2.45) is 50.7 Å². The van der Waals surface area contributed by atoms with Gasteiger partial charge < -0.3 is 10.2 Å². The molecule has 3 heteroatoms. The molecule has 4 saturated carbocycles. The molecule has 3 nitrogen and oxygen atoms in total. The molecular weight excluding hydrogens is 396 g/mol. The Hall–Kier alpha value is -0.830. The van der Waals surface area contributed by atoms with Gasteiger partial charge in [0.15, 0.2) is 0 Å². The van der Waals surface area contributed by atoms with E-state index in [0.29, 0.717) is 17.8 Å². The molecule has 0 aromatic rings. The Labute approximate surface area is 195 Å². The van der Waals surface area contributed by atoms with Crippen LogP contribution in [0.25, 0.3) is 0 Å². The molecule has 0 aliphatic heterocycles. The van der Waals surface area contributed by atoms with E-state index in [0.717, 1.165) is 51.4 Å². The van der Waals surface area contributed by atoms with Gasteiger partial charge in [0, 0.05) is 0 Å². The molecule has 0 radical (unpaired) electrons. The van der Waals surface area contributed by atoms with E-state index >= 15 is 0 Å². The smallest absolute Gasteiger partial charge is 0.310 e. The van der Waals surface area contributed by atoms with E-state index in [1.165, 1.54) is 18.4 Å². The Bertz CT molecular complexity index is 839. The number of carbonyl (C=O) groups is 1. The van der Waals surface area contributed by atoms with Crippen molar-refractivity contribution in [2.75, 3.05) is 0 Å². The van der Waals surface area contributed by atoms with Gasteiger partial charge in [0.2, 0.25) is 0 Å². The van der Waals surface area contributed by atoms with Gasteiger partial charge in [0.05, 0.1) is 11.5 Å². The van der Waals surface area contributed by atoms with E-state index in [9.17, 15) is 15.0 Å². The fourth-order valence-corrected chi connectivity index (χ4v) is 10.1. The van der Waals surface area contributed by atoms with Crippen LogP contribution < -0.4 is 0 Å². The Balaban J connectivity index is 1.55. The Morgan fingerprint density at radius 3 is 2.28 bits per heavy atom. The molecule has 0 heterocycles. The first-order valence-electron chi connectivity index (χ1n) is 13.4. The summed E-state index contributed by atoms with van der Waals surface area (Å²) in [6.45, 7) is 14.3. The number of aliphatic carboxylic acids is 1. The summed E-state index contributed by atoms with van der Waals surface area (Å²) in [6, 6.07) is 0. The van der Waals surface area contributed by atoms with Crippen molar-refractivity contribution >= 4 is 5.97 Å². The number of carboxylic acids is 1. The molecule has 0 aromatic carbocycles. The summed E-state index contributed by atoms with van der Waals surface area (Å²) < 4.78 is 0. The average Bonchev–Trinajstić information content (AvgIpc) is 2.70. The first-order chi connectivity index (χ1) is 14.8. The van der Waals surface area contributed by atoms with E-state index in [1.54, 1.807) is 0 Å². The van der Waals surface area contributed by atoms with Gasteiger partial charge >= 0.3 is 5.97 Å². The van der Waals surface area contributed by atoms with Crippen molar-refractivity contribution in [2.45, 2.75) is 112 Å². The summed E-state index contributed by atoms with van der Waals surface area (Å²) in [5.74, 6) is 1.57. The summed E-state index contributed by atoms with van der Waals surface area (Å²) in [5.41, 5.74) is 1.63. The number of rotatable bonds is 1. The van der Waals surface area contributed by atoms with E-state index in [4.69, 9.17) is 0 Å². The van der Waals surface area contributed by atoms with Crippen LogP contribution in [-0.4, -0.2) is 22.3 Å². The van der Waals surface area contributed by atoms with Crippen LogP contribution >= 0.6 is 0 Å². The van der Waals surface area contributed by atoms with E-state index in [-0.39, 0.29) is 33.7 Å². The van der Waals surface area contributed by atoms with Crippen molar-refractivity contribution in [3.8, 4) is 0 Å². The SMILES string of the molecule is CC1(C)CCC2(C(=O)O)CCC3(C)C(=CCC4C3CCC3C(C)(C)C(O)CCC43C)C2C1. The zero-order valence-electron chi connectivity index (χ0n) is 21.3. The van der Waals surface area contributed by atoms with Crippen molar-refractivity contribution in [1.29, 1.82) is 0 Å². The molecule has 5 aliphatic rings. The number of hydrogen-bond acceptors (Lipinski definition) is 2. The van der Waals surface area contributed by atoms with Crippen LogP contribution in [0, 0.1) is 50.7 Å². The Morgan fingerprint density at radius 2 is 1.59 bits per heavy atom. The highest BCUT2D eigenvalue weighted by molar-refractivity contribution is 5.76. The normalized spacial score (nSPS) is 51.3. The van der Waals surface area contributed by atoms with Crippen LogP contribution in [0.4, 0.5) is 0 Å². The molecule has 0 saturated heterocycles. The van der Waals surface area contributed by atoms with Crippen molar-refractivity contribution in [1.82, 2.24) is 0 Å². The predicted molar refractivity (Wildman–Crippen MR) is 128 cm³/mol. The second-order valence-corrected chi connectivity index (χ2v) is 14.4. The third kappa shape index (κ3) is 2.85. The van der Waals surface area contributed by atoms with Gasteiger partial charge in [0.1, 0.15) is 0 Å². The molecule has 8 atom stereocenters. The lowest BCUT2D eigenvalue weighted by atomic mass is 9.38. The monoisotopic (exact) mass is 442 g/mol. The van der Waals surface area contributed by atoms with Gasteiger partial charge in [-0.2, -0.15) is 0 Å². The molecule has 4 fully saturated rings. The number of allylic oxidation sites excluding steroid dienone is 2. The van der Waals surface area contributed by atoms with Crippen molar-refractivity contribution in [3.63, 3.8) is 0 Å². The second kappa shape index (κ2) is 6.86.